The quantitative estimate of drug-likeness (QED) is 0.353. The van der Waals surface area contributed by atoms with Crippen LogP contribution in [0.4, 0.5) is 17.1 Å². The van der Waals surface area contributed by atoms with Gasteiger partial charge in [-0.25, -0.2) is 4.98 Å². The van der Waals surface area contributed by atoms with Crippen molar-refractivity contribution in [3.63, 3.8) is 0 Å². The van der Waals surface area contributed by atoms with Crippen LogP contribution in [0.3, 0.4) is 0 Å². The number of rotatable bonds is 6. The van der Waals surface area contributed by atoms with Gasteiger partial charge in [-0.2, -0.15) is 4.73 Å². The van der Waals surface area contributed by atoms with E-state index in [0.29, 0.717) is 33.8 Å². The first kappa shape index (κ1) is 21.0. The second kappa shape index (κ2) is 8.50. The summed E-state index contributed by atoms with van der Waals surface area (Å²) in [6, 6.07) is 19.8. The van der Waals surface area contributed by atoms with Gasteiger partial charge in [0, 0.05) is 52.8 Å². The van der Waals surface area contributed by atoms with E-state index in [0.717, 1.165) is 20.7 Å². The molecule has 1 aromatic heterocycles. The Balaban J connectivity index is 1.47. The fourth-order valence-corrected chi connectivity index (χ4v) is 3.44. The summed E-state index contributed by atoms with van der Waals surface area (Å²) in [5.41, 5.74) is 4.78. The number of hydrogen-bond donors (Lipinski definition) is 2. The molecular formula is C24H24N5O3+. The Bertz CT molecular complexity index is 1290. The third kappa shape index (κ3) is 4.29. The third-order valence-electron chi connectivity index (χ3n) is 5.22. The maximum Gasteiger partial charge on any atom is 0.257 e. The van der Waals surface area contributed by atoms with Crippen LogP contribution in [0.5, 0.6) is 0 Å². The van der Waals surface area contributed by atoms with Crippen molar-refractivity contribution in [3.05, 3.63) is 77.2 Å². The van der Waals surface area contributed by atoms with Crippen LogP contribution in [-0.2, 0) is 11.2 Å². The van der Waals surface area contributed by atoms with Crippen molar-refractivity contribution < 1.29 is 14.8 Å². The fourth-order valence-electron chi connectivity index (χ4n) is 3.44. The maximum absolute atomic E-state index is 12.4. The van der Waals surface area contributed by atoms with Crippen LogP contribution in [0, 0.1) is 4.91 Å². The Hall–Kier alpha value is -4.20. The topological polar surface area (TPSA) is 90.5 Å². The molecule has 0 aliphatic carbocycles. The summed E-state index contributed by atoms with van der Waals surface area (Å²) in [4.78, 5) is 30.4. The number of nitrogens with zero attached hydrogens (tertiary/aromatic N) is 4. The highest BCUT2D eigenvalue weighted by molar-refractivity contribution is 5.92. The minimum Gasteiger partial charge on any atom is -0.426 e. The lowest BCUT2D eigenvalue weighted by Gasteiger charge is -2.12. The number of carbonyl (C=O) groups is 1. The van der Waals surface area contributed by atoms with Gasteiger partial charge in [-0.05, 0) is 48.0 Å². The molecule has 0 aliphatic heterocycles. The number of nitroso groups, excluding NO2 is 1. The zero-order valence-electron chi connectivity index (χ0n) is 18.1. The van der Waals surface area contributed by atoms with E-state index >= 15 is 0 Å². The van der Waals surface area contributed by atoms with Gasteiger partial charge in [0.2, 0.25) is 5.91 Å². The van der Waals surface area contributed by atoms with Gasteiger partial charge < -0.3 is 15.4 Å². The predicted molar refractivity (Wildman–Crippen MR) is 125 cm³/mol. The molecule has 4 rings (SSSR count). The molecule has 162 valence electrons. The van der Waals surface area contributed by atoms with Gasteiger partial charge in [-0.3, -0.25) is 4.79 Å². The number of carbonyl (C=O) groups excluding carboxylic acids is 1. The first-order valence-electron chi connectivity index (χ1n) is 10.1. The van der Waals surface area contributed by atoms with Crippen LogP contribution >= 0.6 is 0 Å². The lowest BCUT2D eigenvalue weighted by Crippen LogP contribution is -2.14. The van der Waals surface area contributed by atoms with Crippen molar-refractivity contribution in [3.8, 4) is 11.4 Å². The molecule has 0 saturated heterocycles. The van der Waals surface area contributed by atoms with Gasteiger partial charge in [-0.1, -0.05) is 12.1 Å². The van der Waals surface area contributed by atoms with E-state index in [9.17, 15) is 14.9 Å². The fraction of sp³-hybridized carbons (Fsp3) is 0.167. The molecule has 0 radical (unpaired) electrons. The molecule has 0 saturated carbocycles. The highest BCUT2D eigenvalue weighted by Crippen LogP contribution is 2.27. The number of anilines is 2. The molecular weight excluding hydrogens is 406 g/mol. The lowest BCUT2D eigenvalue weighted by molar-refractivity contribution is -0.428. The Labute approximate surface area is 185 Å². The second-order valence-electron chi connectivity index (χ2n) is 7.78. The Morgan fingerprint density at radius 3 is 2.38 bits per heavy atom. The van der Waals surface area contributed by atoms with Gasteiger partial charge in [0.1, 0.15) is 5.52 Å². The van der Waals surface area contributed by atoms with Crippen molar-refractivity contribution in [1.29, 1.82) is 0 Å². The normalized spacial score (nSPS) is 10.8. The summed E-state index contributed by atoms with van der Waals surface area (Å²) in [5, 5.41) is 13.4. The summed E-state index contributed by atoms with van der Waals surface area (Å²) >= 11 is 0. The standard InChI is InChI=1S/C24H23N5O3/c1-27(2)19-10-4-16(5-11-19)14-23(30)25-18-8-6-17(7-9-18)24-26-21-13-12-20(28(3)31)15-22(21)29(24)32/h4-13,15H,14H2,1-3H3,(H-,25,26,30,31,32)/p+1. The second-order valence-corrected chi connectivity index (χ2v) is 7.78. The molecule has 0 bridgehead atoms. The first-order chi connectivity index (χ1) is 15.3. The van der Waals surface area contributed by atoms with Crippen LogP contribution in [0.1, 0.15) is 5.56 Å². The molecule has 0 fully saturated rings. The van der Waals surface area contributed by atoms with Crippen LogP contribution in [0.2, 0.25) is 0 Å². The van der Waals surface area contributed by atoms with Crippen molar-refractivity contribution in [2.45, 2.75) is 6.42 Å². The summed E-state index contributed by atoms with van der Waals surface area (Å²) in [7, 11) is 5.34. The Kier molecular flexibility index (Phi) is 5.59. The molecule has 0 unspecified atom stereocenters. The molecule has 2 N–H and O–H groups in total. The molecule has 8 nitrogen and oxygen atoms in total. The largest absolute Gasteiger partial charge is 0.426 e. The third-order valence-corrected chi connectivity index (χ3v) is 5.22. The summed E-state index contributed by atoms with van der Waals surface area (Å²) in [6.45, 7) is 0. The van der Waals surface area contributed by atoms with Crippen LogP contribution in [0.15, 0.2) is 66.7 Å². The molecule has 0 aliphatic rings. The van der Waals surface area contributed by atoms with Gasteiger partial charge in [-0.15, -0.1) is 0 Å². The molecule has 32 heavy (non-hydrogen) atoms. The van der Waals surface area contributed by atoms with E-state index < -0.39 is 0 Å². The zero-order valence-corrected chi connectivity index (χ0v) is 18.1. The molecule has 4 aromatic rings. The van der Waals surface area contributed by atoms with Crippen molar-refractivity contribution in [1.82, 2.24) is 9.71 Å². The van der Waals surface area contributed by atoms with Crippen LogP contribution in [-0.4, -0.2) is 46.7 Å². The number of amides is 1. The molecule has 0 spiro atoms. The van der Waals surface area contributed by atoms with Gasteiger partial charge in [0.15, 0.2) is 12.9 Å². The molecule has 1 amide bonds. The molecule has 8 heteroatoms. The number of aromatic nitrogens is 2. The van der Waals surface area contributed by atoms with E-state index in [1.165, 1.54) is 7.05 Å². The van der Waals surface area contributed by atoms with Crippen molar-refractivity contribution in [2.75, 3.05) is 31.4 Å². The lowest BCUT2D eigenvalue weighted by atomic mass is 10.1. The van der Waals surface area contributed by atoms with Gasteiger partial charge >= 0.3 is 0 Å². The van der Waals surface area contributed by atoms with E-state index in [4.69, 9.17) is 0 Å². The molecule has 0 atom stereocenters. The number of imidazole rings is 1. The predicted octanol–water partition coefficient (Wildman–Crippen LogP) is 4.23. The van der Waals surface area contributed by atoms with Gasteiger partial charge in [0.05, 0.1) is 11.9 Å². The van der Waals surface area contributed by atoms with Crippen molar-refractivity contribution >= 4 is 34.0 Å². The van der Waals surface area contributed by atoms with Crippen LogP contribution in [0.25, 0.3) is 22.4 Å². The summed E-state index contributed by atoms with van der Waals surface area (Å²) in [5.74, 6) is 0.239. The number of hydrogen-bond acceptors (Lipinski definition) is 5. The maximum atomic E-state index is 12.4. The monoisotopic (exact) mass is 430 g/mol. The SMILES string of the molecule is CN(C)c1ccc(CC(=O)Nc2ccc(-c3nc4ccc([N+](C)=O)cc4n3O)cc2)cc1. The average molecular weight is 430 g/mol. The van der Waals surface area contributed by atoms with E-state index in [-0.39, 0.29) is 12.3 Å². The number of nitrogens with one attached hydrogen (secondary N) is 1. The number of benzene rings is 3. The highest BCUT2D eigenvalue weighted by Gasteiger charge is 2.16. The van der Waals surface area contributed by atoms with Crippen LogP contribution < -0.4 is 10.2 Å². The molecule has 3 aromatic carbocycles. The Morgan fingerprint density at radius 1 is 1.06 bits per heavy atom. The highest BCUT2D eigenvalue weighted by atomic mass is 16.5. The zero-order chi connectivity index (χ0) is 22.8. The van der Waals surface area contributed by atoms with Gasteiger partial charge in [0.25, 0.3) is 5.69 Å². The molecule has 1 heterocycles. The summed E-state index contributed by atoms with van der Waals surface area (Å²) in [6.07, 6.45) is 0.276. The average Bonchev–Trinajstić information content (AvgIpc) is 3.10. The Morgan fingerprint density at radius 2 is 1.75 bits per heavy atom. The number of fused-ring (bicyclic) bond motifs is 1. The smallest absolute Gasteiger partial charge is 0.257 e. The first-order valence-corrected chi connectivity index (χ1v) is 10.1. The van der Waals surface area contributed by atoms with E-state index in [1.54, 1.807) is 42.5 Å². The minimum absolute atomic E-state index is 0.112. The summed E-state index contributed by atoms with van der Waals surface area (Å²) < 4.78 is 1.69. The van der Waals surface area contributed by atoms with E-state index in [1.807, 2.05) is 43.3 Å². The van der Waals surface area contributed by atoms with E-state index in [2.05, 4.69) is 10.3 Å². The minimum atomic E-state index is -0.112. The van der Waals surface area contributed by atoms with Crippen molar-refractivity contribution in [2.24, 2.45) is 0 Å².